The lowest BCUT2D eigenvalue weighted by molar-refractivity contribution is -0.138. The van der Waals surface area contributed by atoms with Crippen LogP contribution < -0.4 is 0 Å². The van der Waals surface area contributed by atoms with Crippen molar-refractivity contribution in [2.75, 3.05) is 39.3 Å². The summed E-state index contributed by atoms with van der Waals surface area (Å²) in [6.07, 6.45) is 7.03. The molecule has 2 aliphatic rings. The number of carboxylic acids is 1. The molecule has 0 radical (unpaired) electrons. The van der Waals surface area contributed by atoms with E-state index in [0.717, 1.165) is 32.1 Å². The number of hydrogen-bond acceptors (Lipinski definition) is 3. The van der Waals surface area contributed by atoms with Gasteiger partial charge in [-0.05, 0) is 18.8 Å². The Morgan fingerprint density at radius 3 is 2.18 bits per heavy atom. The molecule has 1 saturated heterocycles. The van der Waals surface area contributed by atoms with Gasteiger partial charge in [0.15, 0.2) is 0 Å². The van der Waals surface area contributed by atoms with E-state index in [4.69, 9.17) is 5.11 Å². The number of aliphatic carboxylic acids is 1. The highest BCUT2D eigenvalue weighted by molar-refractivity contribution is 5.69. The van der Waals surface area contributed by atoms with Crippen molar-refractivity contribution in [1.82, 2.24) is 9.80 Å². The Labute approximate surface area is 104 Å². The van der Waals surface area contributed by atoms with E-state index in [9.17, 15) is 4.79 Å². The third-order valence-corrected chi connectivity index (χ3v) is 4.06. The maximum Gasteiger partial charge on any atom is 0.317 e. The monoisotopic (exact) mass is 240 g/mol. The normalized spacial score (nSPS) is 24.9. The smallest absolute Gasteiger partial charge is 0.317 e. The molecular formula is C13H24N2O2. The number of piperazine rings is 1. The van der Waals surface area contributed by atoms with Crippen LogP contribution in [0.25, 0.3) is 0 Å². The van der Waals surface area contributed by atoms with E-state index in [1.165, 1.54) is 38.6 Å². The zero-order valence-corrected chi connectivity index (χ0v) is 10.6. The van der Waals surface area contributed by atoms with Gasteiger partial charge in [0, 0.05) is 32.7 Å². The minimum absolute atomic E-state index is 0.206. The predicted molar refractivity (Wildman–Crippen MR) is 67.1 cm³/mol. The van der Waals surface area contributed by atoms with Gasteiger partial charge in [-0.2, -0.15) is 0 Å². The largest absolute Gasteiger partial charge is 0.480 e. The van der Waals surface area contributed by atoms with E-state index in [0.29, 0.717) is 0 Å². The highest BCUT2D eigenvalue weighted by atomic mass is 16.4. The Hall–Kier alpha value is -0.610. The van der Waals surface area contributed by atoms with Crippen molar-refractivity contribution in [2.45, 2.75) is 32.1 Å². The molecule has 0 amide bonds. The fraction of sp³-hybridized carbons (Fsp3) is 0.923. The molecule has 2 rings (SSSR count). The van der Waals surface area contributed by atoms with Crippen LogP contribution in [0.2, 0.25) is 0 Å². The lowest BCUT2D eigenvalue weighted by Crippen LogP contribution is -2.49. The van der Waals surface area contributed by atoms with Gasteiger partial charge in [-0.1, -0.05) is 19.3 Å². The quantitative estimate of drug-likeness (QED) is 0.803. The fourth-order valence-electron chi connectivity index (χ4n) is 3.06. The Morgan fingerprint density at radius 1 is 1.00 bits per heavy atom. The summed E-state index contributed by atoms with van der Waals surface area (Å²) in [5.41, 5.74) is 0. The first kappa shape index (κ1) is 12.8. The average molecular weight is 240 g/mol. The first-order valence-electron chi connectivity index (χ1n) is 6.90. The Balaban J connectivity index is 1.66. The first-order valence-corrected chi connectivity index (χ1v) is 6.90. The van der Waals surface area contributed by atoms with Gasteiger partial charge in [0.2, 0.25) is 0 Å². The number of carboxylic acid groups (broad SMARTS) is 1. The van der Waals surface area contributed by atoms with Crippen molar-refractivity contribution in [1.29, 1.82) is 0 Å². The number of hydrogen-bond donors (Lipinski definition) is 1. The zero-order valence-electron chi connectivity index (χ0n) is 10.6. The molecule has 1 heterocycles. The summed E-state index contributed by atoms with van der Waals surface area (Å²) in [6, 6.07) is 0. The zero-order chi connectivity index (χ0) is 12.1. The molecule has 1 saturated carbocycles. The molecule has 0 unspecified atom stereocenters. The van der Waals surface area contributed by atoms with Crippen molar-refractivity contribution in [2.24, 2.45) is 5.92 Å². The van der Waals surface area contributed by atoms with Gasteiger partial charge >= 0.3 is 5.97 Å². The molecule has 1 aliphatic carbocycles. The second-order valence-corrected chi connectivity index (χ2v) is 5.47. The van der Waals surface area contributed by atoms with Gasteiger partial charge < -0.3 is 10.0 Å². The van der Waals surface area contributed by atoms with Gasteiger partial charge in [0.25, 0.3) is 0 Å². The van der Waals surface area contributed by atoms with Crippen LogP contribution in [0.5, 0.6) is 0 Å². The second kappa shape index (κ2) is 6.36. The molecular weight excluding hydrogens is 216 g/mol. The molecule has 0 aromatic heterocycles. The fourth-order valence-corrected chi connectivity index (χ4v) is 3.06. The van der Waals surface area contributed by atoms with Crippen molar-refractivity contribution in [3.63, 3.8) is 0 Å². The van der Waals surface area contributed by atoms with Crippen molar-refractivity contribution in [3.8, 4) is 0 Å². The minimum atomic E-state index is -0.703. The van der Waals surface area contributed by atoms with Crippen LogP contribution in [0, 0.1) is 5.92 Å². The van der Waals surface area contributed by atoms with Gasteiger partial charge in [-0.15, -0.1) is 0 Å². The van der Waals surface area contributed by atoms with Gasteiger partial charge in [-0.3, -0.25) is 9.69 Å². The molecule has 17 heavy (non-hydrogen) atoms. The minimum Gasteiger partial charge on any atom is -0.480 e. The summed E-state index contributed by atoms with van der Waals surface area (Å²) >= 11 is 0. The maximum absolute atomic E-state index is 10.6. The number of carbonyl (C=O) groups is 1. The van der Waals surface area contributed by atoms with Crippen molar-refractivity contribution < 1.29 is 9.90 Å². The van der Waals surface area contributed by atoms with Crippen LogP contribution in [0.3, 0.4) is 0 Å². The molecule has 4 heteroatoms. The lowest BCUT2D eigenvalue weighted by Gasteiger charge is -2.36. The summed E-state index contributed by atoms with van der Waals surface area (Å²) in [6.45, 7) is 5.36. The molecule has 1 N–H and O–H groups in total. The van der Waals surface area contributed by atoms with Crippen molar-refractivity contribution >= 4 is 5.97 Å². The number of nitrogens with zero attached hydrogens (tertiary/aromatic N) is 2. The van der Waals surface area contributed by atoms with E-state index in [1.54, 1.807) is 0 Å². The Morgan fingerprint density at radius 2 is 1.59 bits per heavy atom. The van der Waals surface area contributed by atoms with Crippen LogP contribution in [0.15, 0.2) is 0 Å². The molecule has 0 aromatic rings. The van der Waals surface area contributed by atoms with Gasteiger partial charge in [0.1, 0.15) is 0 Å². The summed E-state index contributed by atoms with van der Waals surface area (Å²) in [7, 11) is 0. The standard InChI is InChI=1S/C13H24N2O2/c16-13(17)11-15-8-6-14(7-9-15)10-12-4-2-1-3-5-12/h12H,1-11H2,(H,16,17). The van der Waals surface area contributed by atoms with E-state index in [2.05, 4.69) is 4.90 Å². The average Bonchev–Trinajstić information content (AvgIpc) is 2.32. The van der Waals surface area contributed by atoms with Gasteiger partial charge in [0.05, 0.1) is 6.54 Å². The first-order chi connectivity index (χ1) is 8.24. The second-order valence-electron chi connectivity index (χ2n) is 5.47. The summed E-state index contributed by atoms with van der Waals surface area (Å²) in [5.74, 6) is 0.195. The molecule has 1 aliphatic heterocycles. The summed E-state index contributed by atoms with van der Waals surface area (Å²) in [4.78, 5) is 15.2. The van der Waals surface area contributed by atoms with Gasteiger partial charge in [-0.25, -0.2) is 0 Å². The van der Waals surface area contributed by atoms with Crippen LogP contribution in [-0.2, 0) is 4.79 Å². The lowest BCUT2D eigenvalue weighted by atomic mass is 9.89. The SMILES string of the molecule is O=C(O)CN1CCN(CC2CCCCC2)CC1. The Kier molecular flexibility index (Phi) is 4.80. The summed E-state index contributed by atoms with van der Waals surface area (Å²) < 4.78 is 0. The third-order valence-electron chi connectivity index (χ3n) is 4.06. The van der Waals surface area contributed by atoms with Crippen LogP contribution in [-0.4, -0.2) is 60.1 Å². The molecule has 0 bridgehead atoms. The van der Waals surface area contributed by atoms with Crippen molar-refractivity contribution in [3.05, 3.63) is 0 Å². The summed E-state index contributed by atoms with van der Waals surface area (Å²) in [5, 5.41) is 8.74. The maximum atomic E-state index is 10.6. The third kappa shape index (κ3) is 4.28. The highest BCUT2D eigenvalue weighted by Crippen LogP contribution is 2.24. The van der Waals surface area contributed by atoms with Crippen LogP contribution in [0.4, 0.5) is 0 Å². The van der Waals surface area contributed by atoms with Crippen LogP contribution >= 0.6 is 0 Å². The van der Waals surface area contributed by atoms with E-state index < -0.39 is 5.97 Å². The Bertz CT molecular complexity index is 244. The molecule has 2 fully saturated rings. The molecule has 4 nitrogen and oxygen atoms in total. The molecule has 98 valence electrons. The number of rotatable bonds is 4. The molecule has 0 aromatic carbocycles. The molecule has 0 atom stereocenters. The van der Waals surface area contributed by atoms with E-state index >= 15 is 0 Å². The highest BCUT2D eigenvalue weighted by Gasteiger charge is 2.22. The topological polar surface area (TPSA) is 43.8 Å². The van der Waals surface area contributed by atoms with Crippen LogP contribution in [0.1, 0.15) is 32.1 Å². The molecule has 0 spiro atoms. The van der Waals surface area contributed by atoms with E-state index in [1.807, 2.05) is 4.90 Å². The van der Waals surface area contributed by atoms with E-state index in [-0.39, 0.29) is 6.54 Å². The predicted octanol–water partition coefficient (Wildman–Crippen LogP) is 1.27.